The Morgan fingerprint density at radius 1 is 0.465 bits per heavy atom. The number of alkyl halides is 3. The second-order valence-electron chi connectivity index (χ2n) is 21.0. The van der Waals surface area contributed by atoms with Crippen molar-refractivity contribution in [2.24, 2.45) is 9.98 Å². The minimum Gasteiger partial charge on any atom is -0.465 e. The fourth-order valence-electron chi connectivity index (χ4n) is 12.1. The van der Waals surface area contributed by atoms with E-state index >= 15 is 0 Å². The van der Waals surface area contributed by atoms with Gasteiger partial charge in [0.25, 0.3) is 0 Å². The lowest BCUT2D eigenvalue weighted by molar-refractivity contribution is -0.132. The molecule has 12 aromatic rings. The van der Waals surface area contributed by atoms with Crippen LogP contribution in [0.1, 0.15) is 55.9 Å². The van der Waals surface area contributed by atoms with Crippen LogP contribution in [0.25, 0.3) is 44.3 Å². The summed E-state index contributed by atoms with van der Waals surface area (Å²) in [5.74, 6) is -0.408. The molecule has 1 N–H and O–H groups in total. The molecule has 86 heavy (non-hydrogen) atoms. The molecular formula is C72H57Cl3N8O3. The Morgan fingerprint density at radius 3 is 1.13 bits per heavy atom. The average Bonchev–Trinajstić information content (AvgIpc) is 1.57. The van der Waals surface area contributed by atoms with E-state index in [2.05, 4.69) is 206 Å². The number of esters is 1. The van der Waals surface area contributed by atoms with Gasteiger partial charge in [-0.05, 0) is 107 Å². The van der Waals surface area contributed by atoms with Crippen molar-refractivity contribution in [3.05, 3.63) is 299 Å². The SMILES string of the molecule is CO.COC(=O)C1=Nc2cc3c(-c4ccnc(C)c4)nn(C(c4ccccc4)(c4ccccc4)c4ccccc4)c3cc2C1.Cc1cc(-c2nn(C(c3ccccc3)(c3ccccc3)c3ccccc3)c3cc4c(cc23)N=C(C(Cl)(Cl)Cl)C4)ccn1. The topological polar surface area (TPSA) is 133 Å². The van der Waals surface area contributed by atoms with Gasteiger partial charge in [0, 0.05) is 65.6 Å². The van der Waals surface area contributed by atoms with Gasteiger partial charge >= 0.3 is 5.97 Å². The number of fused-ring (bicyclic) bond motifs is 4. The third kappa shape index (κ3) is 10.3. The van der Waals surface area contributed by atoms with Crippen molar-refractivity contribution in [1.82, 2.24) is 29.5 Å². The zero-order valence-electron chi connectivity index (χ0n) is 47.5. The van der Waals surface area contributed by atoms with Gasteiger partial charge in [-0.25, -0.2) is 19.2 Å². The number of aliphatic hydroxyl groups excluding tert-OH is 1. The van der Waals surface area contributed by atoms with Gasteiger partial charge in [-0.15, -0.1) is 0 Å². The number of hydrogen-bond donors (Lipinski definition) is 1. The number of halogens is 3. The normalized spacial score (nSPS) is 12.7. The lowest BCUT2D eigenvalue weighted by atomic mass is 9.77. The van der Waals surface area contributed by atoms with Gasteiger partial charge in [0.15, 0.2) is 0 Å². The molecule has 6 heterocycles. The molecule has 0 fully saturated rings. The maximum atomic E-state index is 12.4. The Bertz CT molecular complexity index is 4300. The molecule has 4 aromatic heterocycles. The fourth-order valence-corrected chi connectivity index (χ4v) is 12.5. The van der Waals surface area contributed by atoms with Crippen LogP contribution in [0.2, 0.25) is 0 Å². The summed E-state index contributed by atoms with van der Waals surface area (Å²) in [4.78, 5) is 30.7. The van der Waals surface area contributed by atoms with Gasteiger partial charge in [0.2, 0.25) is 3.79 Å². The minimum absolute atomic E-state index is 0.404. The Kier molecular flexibility index (Phi) is 15.9. The number of ether oxygens (including phenoxy) is 1. The molecule has 0 atom stereocenters. The van der Waals surface area contributed by atoms with Gasteiger partial charge in [-0.3, -0.25) is 15.0 Å². The summed E-state index contributed by atoms with van der Waals surface area (Å²) in [6, 6.07) is 79.6. The van der Waals surface area contributed by atoms with E-state index in [-0.39, 0.29) is 0 Å². The molecular weight excluding hydrogens is 1130 g/mol. The summed E-state index contributed by atoms with van der Waals surface area (Å²) >= 11 is 18.9. The summed E-state index contributed by atoms with van der Waals surface area (Å²) in [5, 5.41) is 19.8. The number of rotatable bonds is 11. The third-order valence-corrected chi connectivity index (χ3v) is 16.5. The van der Waals surface area contributed by atoms with Crippen molar-refractivity contribution in [3.8, 4) is 22.5 Å². The highest BCUT2D eigenvalue weighted by molar-refractivity contribution is 6.77. The van der Waals surface area contributed by atoms with E-state index < -0.39 is 20.8 Å². The Morgan fingerprint density at radius 2 is 0.802 bits per heavy atom. The van der Waals surface area contributed by atoms with Crippen LogP contribution in [0.5, 0.6) is 0 Å². The number of aliphatic imine (C=N–C) groups is 2. The van der Waals surface area contributed by atoms with Gasteiger partial charge in [0.05, 0.1) is 35.2 Å². The first kappa shape index (κ1) is 57.1. The van der Waals surface area contributed by atoms with E-state index in [0.717, 1.165) is 119 Å². The second-order valence-corrected chi connectivity index (χ2v) is 23.2. The first-order valence-electron chi connectivity index (χ1n) is 28.0. The molecule has 0 radical (unpaired) electrons. The minimum atomic E-state index is -1.58. The van der Waals surface area contributed by atoms with Crippen LogP contribution in [0.4, 0.5) is 11.4 Å². The van der Waals surface area contributed by atoms with Crippen molar-refractivity contribution in [2.45, 2.75) is 41.6 Å². The van der Waals surface area contributed by atoms with Crippen LogP contribution in [-0.4, -0.2) is 70.0 Å². The number of carbonyl (C=O) groups is 1. The lowest BCUT2D eigenvalue weighted by Crippen LogP contribution is -2.38. The predicted molar refractivity (Wildman–Crippen MR) is 347 cm³/mol. The fraction of sp³-hybridized carbons (Fsp3) is 0.125. The zero-order valence-corrected chi connectivity index (χ0v) is 49.8. The van der Waals surface area contributed by atoms with Gasteiger partial charge in [-0.1, -0.05) is 217 Å². The van der Waals surface area contributed by atoms with E-state index in [1.807, 2.05) is 74.8 Å². The lowest BCUT2D eigenvalue weighted by Gasteiger charge is -2.37. The number of pyridine rings is 2. The molecule has 0 saturated heterocycles. The highest BCUT2D eigenvalue weighted by Gasteiger charge is 2.44. The highest BCUT2D eigenvalue weighted by Crippen LogP contribution is 2.49. The van der Waals surface area contributed by atoms with Crippen molar-refractivity contribution in [1.29, 1.82) is 0 Å². The highest BCUT2D eigenvalue weighted by atomic mass is 35.6. The molecule has 14 heteroatoms. The van der Waals surface area contributed by atoms with Crippen LogP contribution in [0, 0.1) is 13.8 Å². The monoisotopic (exact) mass is 1190 g/mol. The summed E-state index contributed by atoms with van der Waals surface area (Å²) in [5.41, 5.74) is 16.6. The number of aliphatic hydroxyl groups is 1. The number of aryl methyl sites for hydroxylation is 2. The van der Waals surface area contributed by atoms with Crippen LogP contribution in [-0.2, 0) is 33.5 Å². The molecule has 0 spiro atoms. The van der Waals surface area contributed by atoms with Gasteiger partial charge in [-0.2, -0.15) is 10.2 Å². The number of nitrogens with zero attached hydrogens (tertiary/aromatic N) is 8. The van der Waals surface area contributed by atoms with E-state index in [1.165, 1.54) is 7.11 Å². The van der Waals surface area contributed by atoms with E-state index in [9.17, 15) is 4.79 Å². The van der Waals surface area contributed by atoms with Crippen molar-refractivity contribution in [3.63, 3.8) is 0 Å². The average molecular weight is 1190 g/mol. The quantitative estimate of drug-likeness (QED) is 0.0775. The van der Waals surface area contributed by atoms with Crippen LogP contribution >= 0.6 is 34.8 Å². The number of carbonyl (C=O) groups excluding carboxylic acids is 1. The van der Waals surface area contributed by atoms with Crippen molar-refractivity contribution >= 4 is 85.4 Å². The van der Waals surface area contributed by atoms with Crippen molar-refractivity contribution in [2.75, 3.05) is 14.2 Å². The molecule has 0 saturated carbocycles. The predicted octanol–water partition coefficient (Wildman–Crippen LogP) is 15.9. The van der Waals surface area contributed by atoms with Crippen LogP contribution in [0.15, 0.2) is 253 Å². The van der Waals surface area contributed by atoms with Crippen LogP contribution in [0.3, 0.4) is 0 Å². The van der Waals surface area contributed by atoms with E-state index in [0.29, 0.717) is 24.3 Å². The molecule has 2 aliphatic rings. The second kappa shape index (κ2) is 24.0. The Labute approximate surface area is 513 Å². The smallest absolute Gasteiger partial charge is 0.352 e. The molecule has 0 aliphatic carbocycles. The first-order chi connectivity index (χ1) is 41.9. The number of benzene rings is 8. The summed E-state index contributed by atoms with van der Waals surface area (Å²) < 4.78 is 7.75. The third-order valence-electron chi connectivity index (χ3n) is 15.9. The Hall–Kier alpha value is -9.36. The van der Waals surface area contributed by atoms with E-state index in [1.54, 1.807) is 0 Å². The molecule has 8 aromatic carbocycles. The van der Waals surface area contributed by atoms with Crippen LogP contribution < -0.4 is 0 Å². The maximum absolute atomic E-state index is 12.4. The van der Waals surface area contributed by atoms with Gasteiger partial charge < -0.3 is 9.84 Å². The maximum Gasteiger partial charge on any atom is 0.352 e. The summed E-state index contributed by atoms with van der Waals surface area (Å²) in [6.07, 6.45) is 4.49. The molecule has 2 aliphatic heterocycles. The van der Waals surface area contributed by atoms with Gasteiger partial charge in [0.1, 0.15) is 28.2 Å². The molecule has 0 bridgehead atoms. The van der Waals surface area contributed by atoms with E-state index in [4.69, 9.17) is 59.8 Å². The number of hydrogen-bond acceptors (Lipinski definition) is 9. The standard InChI is InChI=1S/C36H28N4O2.C35H25Cl3N4.CH4O/c1-24-20-25(18-19-37-24)34-30-23-31-26(21-32(38-31)35(41)42-2)22-33(30)40(39-34)36(27-12-6-3-7-13-27,28-14-8-4-9-15-28)29-16-10-5-11-17-29;1-23-19-24(17-18-39-23)33-29-22-30-25(21-32(40-30)35(36,37)38)20-31(29)42(41-33)34(26-11-5-2-6-12-26,27-13-7-3-8-14-27)28-15-9-4-10-16-28;1-2/h3-20,22-23H,21H2,1-2H3;2-20,22H,21H2,1H3;2H,1H3. The van der Waals surface area contributed by atoms with Crippen molar-refractivity contribution < 1.29 is 14.6 Å². The zero-order chi connectivity index (χ0) is 59.6. The molecule has 0 amide bonds. The first-order valence-corrected chi connectivity index (χ1v) is 29.2. The molecule has 0 unspecified atom stereocenters. The Balaban J connectivity index is 0.000000164. The summed E-state index contributed by atoms with van der Waals surface area (Å²) in [7, 11) is 2.39. The summed E-state index contributed by atoms with van der Waals surface area (Å²) in [6.45, 7) is 3.97. The molecule has 424 valence electrons. The molecule has 11 nitrogen and oxygen atoms in total. The largest absolute Gasteiger partial charge is 0.465 e. The number of aromatic nitrogens is 6. The molecule has 14 rings (SSSR count). The number of methoxy groups -OCH3 is 1.